The Morgan fingerprint density at radius 2 is 1.96 bits per heavy atom. The van der Waals surface area contributed by atoms with Gasteiger partial charge in [0, 0.05) is 12.1 Å². The molecule has 1 atom stereocenters. The fourth-order valence-corrected chi connectivity index (χ4v) is 2.36. The summed E-state index contributed by atoms with van der Waals surface area (Å²) >= 11 is 0. The third kappa shape index (κ3) is 3.97. The van der Waals surface area contributed by atoms with Crippen LogP contribution in [0.5, 0.6) is 17.2 Å². The number of hydrogen-bond acceptors (Lipinski definition) is 6. The van der Waals surface area contributed by atoms with Crippen molar-refractivity contribution in [2.24, 2.45) is 0 Å². The van der Waals surface area contributed by atoms with E-state index in [-0.39, 0.29) is 31.0 Å². The lowest BCUT2D eigenvalue weighted by Gasteiger charge is -2.15. The summed E-state index contributed by atoms with van der Waals surface area (Å²) in [5, 5.41) is 13.4. The molecular weight excluding hydrogens is 328 g/mol. The van der Waals surface area contributed by atoms with Crippen LogP contribution < -0.4 is 19.5 Å². The molecule has 1 aliphatic rings. The minimum Gasteiger partial charge on any atom is -0.484 e. The van der Waals surface area contributed by atoms with E-state index in [1.165, 1.54) is 24.3 Å². The Labute approximate surface area is 143 Å². The second-order valence-corrected chi connectivity index (χ2v) is 5.44. The summed E-state index contributed by atoms with van der Waals surface area (Å²) in [6.45, 7) is 1.86. The summed E-state index contributed by atoms with van der Waals surface area (Å²) < 4.78 is 15.9. The van der Waals surface area contributed by atoms with Crippen LogP contribution in [0.3, 0.4) is 0 Å². The van der Waals surface area contributed by atoms with Crippen molar-refractivity contribution in [1.29, 1.82) is 0 Å². The molecule has 0 spiro atoms. The zero-order valence-corrected chi connectivity index (χ0v) is 13.4. The van der Waals surface area contributed by atoms with Gasteiger partial charge in [0.05, 0.1) is 11.0 Å². The third-order valence-corrected chi connectivity index (χ3v) is 3.69. The normalized spacial score (nSPS) is 13.2. The Hall–Kier alpha value is -3.29. The van der Waals surface area contributed by atoms with Crippen LogP contribution in [-0.2, 0) is 4.79 Å². The number of benzene rings is 2. The van der Waals surface area contributed by atoms with Gasteiger partial charge >= 0.3 is 0 Å². The molecule has 2 aromatic carbocycles. The van der Waals surface area contributed by atoms with E-state index in [0.717, 1.165) is 5.56 Å². The lowest BCUT2D eigenvalue weighted by atomic mass is 10.1. The van der Waals surface area contributed by atoms with Gasteiger partial charge in [0.25, 0.3) is 11.6 Å². The molecule has 0 fully saturated rings. The number of nitro groups is 1. The number of ether oxygens (including phenoxy) is 3. The zero-order valence-electron chi connectivity index (χ0n) is 13.4. The van der Waals surface area contributed by atoms with E-state index in [4.69, 9.17) is 14.2 Å². The van der Waals surface area contributed by atoms with E-state index in [0.29, 0.717) is 17.2 Å². The third-order valence-electron chi connectivity index (χ3n) is 3.69. The van der Waals surface area contributed by atoms with Crippen molar-refractivity contribution < 1.29 is 23.9 Å². The van der Waals surface area contributed by atoms with Crippen LogP contribution in [-0.4, -0.2) is 24.2 Å². The van der Waals surface area contributed by atoms with Crippen molar-refractivity contribution in [3.05, 3.63) is 58.1 Å². The highest BCUT2D eigenvalue weighted by Gasteiger charge is 2.17. The molecule has 1 heterocycles. The highest BCUT2D eigenvalue weighted by molar-refractivity contribution is 5.78. The number of nitro benzene ring substituents is 1. The number of carbonyl (C=O) groups is 1. The molecule has 0 aromatic heterocycles. The number of rotatable bonds is 6. The van der Waals surface area contributed by atoms with Crippen molar-refractivity contribution in [3.63, 3.8) is 0 Å². The van der Waals surface area contributed by atoms with Gasteiger partial charge in [-0.15, -0.1) is 0 Å². The maximum Gasteiger partial charge on any atom is 0.269 e. The summed E-state index contributed by atoms with van der Waals surface area (Å²) in [4.78, 5) is 22.1. The molecule has 2 aromatic rings. The standard InChI is InChI=1S/C17H16N2O6/c1-11(12-2-7-15-16(8-12)25-10-24-15)18-17(20)9-23-14-5-3-13(4-6-14)19(21)22/h2-8,11H,9-10H2,1H3,(H,18,20)/t11-/m0/s1. The van der Waals surface area contributed by atoms with Crippen LogP contribution in [0.2, 0.25) is 0 Å². The van der Waals surface area contributed by atoms with Crippen LogP contribution in [0.25, 0.3) is 0 Å². The molecular formula is C17H16N2O6. The van der Waals surface area contributed by atoms with Gasteiger partial charge in [0.15, 0.2) is 18.1 Å². The summed E-state index contributed by atoms with van der Waals surface area (Å²) in [7, 11) is 0. The Bertz CT molecular complexity index is 790. The predicted octanol–water partition coefficient (Wildman–Crippen LogP) is 2.58. The molecule has 0 bridgehead atoms. The Morgan fingerprint density at radius 1 is 1.24 bits per heavy atom. The fraction of sp³-hybridized carbons (Fsp3) is 0.235. The predicted molar refractivity (Wildman–Crippen MR) is 87.7 cm³/mol. The average molecular weight is 344 g/mol. The molecule has 0 unspecified atom stereocenters. The molecule has 130 valence electrons. The van der Waals surface area contributed by atoms with Gasteiger partial charge in [-0.05, 0) is 36.8 Å². The van der Waals surface area contributed by atoms with Gasteiger partial charge in [-0.1, -0.05) is 6.07 Å². The number of nitrogens with zero attached hydrogens (tertiary/aromatic N) is 1. The first-order chi connectivity index (χ1) is 12.0. The smallest absolute Gasteiger partial charge is 0.269 e. The first-order valence-corrected chi connectivity index (χ1v) is 7.59. The largest absolute Gasteiger partial charge is 0.484 e. The number of carbonyl (C=O) groups excluding carboxylic acids is 1. The Balaban J connectivity index is 1.52. The van der Waals surface area contributed by atoms with Crippen LogP contribution >= 0.6 is 0 Å². The summed E-state index contributed by atoms with van der Waals surface area (Å²) in [6.07, 6.45) is 0. The van der Waals surface area contributed by atoms with Gasteiger partial charge in [-0.25, -0.2) is 0 Å². The van der Waals surface area contributed by atoms with Crippen LogP contribution in [0.15, 0.2) is 42.5 Å². The van der Waals surface area contributed by atoms with Crippen LogP contribution in [0.1, 0.15) is 18.5 Å². The van der Waals surface area contributed by atoms with Crippen molar-refractivity contribution in [3.8, 4) is 17.2 Å². The topological polar surface area (TPSA) is 99.9 Å². The first-order valence-electron chi connectivity index (χ1n) is 7.59. The highest BCUT2D eigenvalue weighted by Crippen LogP contribution is 2.34. The molecule has 8 nitrogen and oxygen atoms in total. The quantitative estimate of drug-likeness (QED) is 0.638. The molecule has 8 heteroatoms. The second kappa shape index (κ2) is 7.08. The number of amides is 1. The summed E-state index contributed by atoms with van der Waals surface area (Å²) in [6, 6.07) is 10.8. The van der Waals surface area contributed by atoms with Crippen LogP contribution in [0.4, 0.5) is 5.69 Å². The van der Waals surface area contributed by atoms with Gasteiger partial charge in [-0.2, -0.15) is 0 Å². The number of fused-ring (bicyclic) bond motifs is 1. The van der Waals surface area contributed by atoms with E-state index in [1.54, 1.807) is 6.07 Å². The lowest BCUT2D eigenvalue weighted by Crippen LogP contribution is -2.31. The number of hydrogen-bond donors (Lipinski definition) is 1. The monoisotopic (exact) mass is 344 g/mol. The lowest BCUT2D eigenvalue weighted by molar-refractivity contribution is -0.384. The summed E-state index contributed by atoms with van der Waals surface area (Å²) in [5.41, 5.74) is 0.848. The van der Waals surface area contributed by atoms with Crippen molar-refractivity contribution >= 4 is 11.6 Å². The average Bonchev–Trinajstić information content (AvgIpc) is 3.08. The highest BCUT2D eigenvalue weighted by atomic mass is 16.7. The molecule has 0 saturated heterocycles. The molecule has 1 N–H and O–H groups in total. The fourth-order valence-electron chi connectivity index (χ4n) is 2.36. The molecule has 0 saturated carbocycles. The number of nitrogens with one attached hydrogen (secondary N) is 1. The van der Waals surface area contributed by atoms with Gasteiger partial charge < -0.3 is 19.5 Å². The Kier molecular flexibility index (Phi) is 4.69. The van der Waals surface area contributed by atoms with Crippen molar-refractivity contribution in [1.82, 2.24) is 5.32 Å². The summed E-state index contributed by atoms with van der Waals surface area (Å²) in [5.74, 6) is 1.42. The molecule has 0 aliphatic carbocycles. The molecule has 0 radical (unpaired) electrons. The molecule has 25 heavy (non-hydrogen) atoms. The van der Waals surface area contributed by atoms with Gasteiger partial charge in [-0.3, -0.25) is 14.9 Å². The maximum absolute atomic E-state index is 12.0. The van der Waals surface area contributed by atoms with Crippen molar-refractivity contribution in [2.75, 3.05) is 13.4 Å². The Morgan fingerprint density at radius 3 is 2.68 bits per heavy atom. The molecule has 1 amide bonds. The van der Waals surface area contributed by atoms with E-state index in [9.17, 15) is 14.9 Å². The second-order valence-electron chi connectivity index (χ2n) is 5.44. The van der Waals surface area contributed by atoms with Crippen molar-refractivity contribution in [2.45, 2.75) is 13.0 Å². The SMILES string of the molecule is C[C@H](NC(=O)COc1ccc([N+](=O)[O-])cc1)c1ccc2c(c1)OCO2. The van der Waals surface area contributed by atoms with E-state index in [2.05, 4.69) is 5.32 Å². The minimum atomic E-state index is -0.496. The number of non-ortho nitro benzene ring substituents is 1. The van der Waals surface area contributed by atoms with Crippen LogP contribution in [0, 0.1) is 10.1 Å². The maximum atomic E-state index is 12.0. The molecule has 1 aliphatic heterocycles. The van der Waals surface area contributed by atoms with Gasteiger partial charge in [0.2, 0.25) is 6.79 Å². The zero-order chi connectivity index (χ0) is 17.8. The van der Waals surface area contributed by atoms with E-state index in [1.807, 2.05) is 19.1 Å². The van der Waals surface area contributed by atoms with Gasteiger partial charge in [0.1, 0.15) is 5.75 Å². The van der Waals surface area contributed by atoms with E-state index < -0.39 is 4.92 Å². The van der Waals surface area contributed by atoms with E-state index >= 15 is 0 Å². The molecule has 3 rings (SSSR count). The minimum absolute atomic E-state index is 0.0340. The first kappa shape index (κ1) is 16.6.